The molecule has 3 N–H and O–H groups in total. The van der Waals surface area contributed by atoms with Crippen LogP contribution in [0.3, 0.4) is 0 Å². The van der Waals surface area contributed by atoms with E-state index in [2.05, 4.69) is 27.3 Å². The Morgan fingerprint density at radius 2 is 2.21 bits per heavy atom. The molecule has 0 saturated carbocycles. The zero-order valence-corrected chi connectivity index (χ0v) is 11.6. The van der Waals surface area contributed by atoms with Gasteiger partial charge in [0.2, 0.25) is 0 Å². The zero-order valence-electron chi connectivity index (χ0n) is 11.6. The Morgan fingerprint density at radius 1 is 1.37 bits per heavy atom. The van der Waals surface area contributed by atoms with E-state index in [1.807, 2.05) is 7.05 Å². The maximum atomic E-state index is 5.66. The van der Waals surface area contributed by atoms with Crippen molar-refractivity contribution in [3.05, 3.63) is 12.5 Å². The van der Waals surface area contributed by atoms with Crippen LogP contribution in [0.1, 0.15) is 26.2 Å². The Balaban J connectivity index is 2.08. The van der Waals surface area contributed by atoms with Gasteiger partial charge < -0.3 is 11.1 Å². The van der Waals surface area contributed by atoms with Crippen molar-refractivity contribution in [3.8, 4) is 0 Å². The van der Waals surface area contributed by atoms with Gasteiger partial charge in [-0.3, -0.25) is 4.68 Å². The summed E-state index contributed by atoms with van der Waals surface area (Å²) >= 11 is 0. The second kappa shape index (κ2) is 6.47. The highest BCUT2D eigenvalue weighted by molar-refractivity contribution is 5.85. The number of rotatable bonds is 7. The number of nitrogens with zero attached hydrogens (tertiary/aromatic N) is 4. The summed E-state index contributed by atoms with van der Waals surface area (Å²) in [5.74, 6) is 1.45. The molecule has 0 saturated heterocycles. The third-order valence-electron chi connectivity index (χ3n) is 3.36. The summed E-state index contributed by atoms with van der Waals surface area (Å²) in [5.41, 5.74) is 6.51. The summed E-state index contributed by atoms with van der Waals surface area (Å²) in [6, 6.07) is 0. The van der Waals surface area contributed by atoms with E-state index in [0.29, 0.717) is 5.92 Å². The number of fused-ring (bicyclic) bond motifs is 1. The molecule has 6 heteroatoms. The molecule has 0 spiro atoms. The van der Waals surface area contributed by atoms with Gasteiger partial charge in [-0.05, 0) is 25.3 Å². The Bertz CT molecular complexity index is 515. The Morgan fingerprint density at radius 3 is 2.95 bits per heavy atom. The fraction of sp³-hybridized carbons (Fsp3) is 0.615. The van der Waals surface area contributed by atoms with E-state index in [1.165, 1.54) is 12.8 Å². The lowest BCUT2D eigenvalue weighted by molar-refractivity contribution is 0.473. The van der Waals surface area contributed by atoms with Crippen LogP contribution in [0.2, 0.25) is 0 Å². The third kappa shape index (κ3) is 3.20. The molecule has 104 valence electrons. The van der Waals surface area contributed by atoms with E-state index in [4.69, 9.17) is 5.73 Å². The lowest BCUT2D eigenvalue weighted by atomic mass is 10.00. The summed E-state index contributed by atoms with van der Waals surface area (Å²) in [6.07, 6.45) is 6.78. The lowest BCUT2D eigenvalue weighted by Crippen LogP contribution is -2.18. The number of aryl methyl sites for hydroxylation is 1. The van der Waals surface area contributed by atoms with Crippen molar-refractivity contribution in [1.82, 2.24) is 19.7 Å². The van der Waals surface area contributed by atoms with Crippen LogP contribution in [0.25, 0.3) is 11.0 Å². The summed E-state index contributed by atoms with van der Waals surface area (Å²) < 4.78 is 1.76. The largest absolute Gasteiger partial charge is 0.369 e. The van der Waals surface area contributed by atoms with Gasteiger partial charge in [-0.25, -0.2) is 9.97 Å². The Labute approximate surface area is 113 Å². The van der Waals surface area contributed by atoms with Gasteiger partial charge in [0, 0.05) is 13.6 Å². The highest BCUT2D eigenvalue weighted by Gasteiger charge is 2.10. The van der Waals surface area contributed by atoms with Crippen LogP contribution in [0, 0.1) is 5.92 Å². The monoisotopic (exact) mass is 262 g/mol. The molecule has 0 aromatic carbocycles. The molecule has 19 heavy (non-hydrogen) atoms. The summed E-state index contributed by atoms with van der Waals surface area (Å²) in [5, 5.41) is 8.59. The normalized spacial score (nSPS) is 12.8. The fourth-order valence-electron chi connectivity index (χ4n) is 2.34. The van der Waals surface area contributed by atoms with Gasteiger partial charge >= 0.3 is 0 Å². The van der Waals surface area contributed by atoms with Crippen LogP contribution in [0.5, 0.6) is 0 Å². The van der Waals surface area contributed by atoms with Gasteiger partial charge in [0.05, 0.1) is 11.6 Å². The second-order valence-corrected chi connectivity index (χ2v) is 4.84. The average molecular weight is 262 g/mol. The maximum absolute atomic E-state index is 5.66. The molecule has 1 unspecified atom stereocenters. The molecular formula is C13H22N6. The van der Waals surface area contributed by atoms with Crippen LogP contribution in [-0.4, -0.2) is 32.8 Å². The van der Waals surface area contributed by atoms with Crippen molar-refractivity contribution in [2.75, 3.05) is 18.4 Å². The van der Waals surface area contributed by atoms with Crippen molar-refractivity contribution < 1.29 is 0 Å². The van der Waals surface area contributed by atoms with Gasteiger partial charge in [-0.2, -0.15) is 5.10 Å². The number of hydrogen-bond donors (Lipinski definition) is 2. The van der Waals surface area contributed by atoms with Gasteiger partial charge in [0.1, 0.15) is 12.1 Å². The van der Waals surface area contributed by atoms with Gasteiger partial charge in [0.15, 0.2) is 5.65 Å². The molecule has 2 rings (SSSR count). The molecule has 2 aromatic heterocycles. The van der Waals surface area contributed by atoms with Crippen LogP contribution in [-0.2, 0) is 7.05 Å². The van der Waals surface area contributed by atoms with E-state index in [9.17, 15) is 0 Å². The first-order valence-electron chi connectivity index (χ1n) is 6.82. The molecule has 1 atom stereocenters. The standard InChI is InChI=1S/C13H22N6/c1-3-4-10(5-6-14)7-15-12-11-8-18-19(2)13(11)17-9-16-12/h8-10H,3-7,14H2,1-2H3,(H,15,16,17). The van der Waals surface area contributed by atoms with E-state index < -0.39 is 0 Å². The van der Waals surface area contributed by atoms with Crippen LogP contribution >= 0.6 is 0 Å². The number of hydrogen-bond acceptors (Lipinski definition) is 5. The fourth-order valence-corrected chi connectivity index (χ4v) is 2.34. The predicted octanol–water partition coefficient (Wildman–Crippen LogP) is 1.54. The number of anilines is 1. The van der Waals surface area contributed by atoms with Crippen LogP contribution in [0.4, 0.5) is 5.82 Å². The van der Waals surface area contributed by atoms with Gasteiger partial charge in [-0.1, -0.05) is 13.3 Å². The average Bonchev–Trinajstić information content (AvgIpc) is 2.79. The summed E-state index contributed by atoms with van der Waals surface area (Å²) in [6.45, 7) is 3.83. The van der Waals surface area contributed by atoms with Crippen molar-refractivity contribution in [1.29, 1.82) is 0 Å². The second-order valence-electron chi connectivity index (χ2n) is 4.84. The van der Waals surface area contributed by atoms with Crippen molar-refractivity contribution >= 4 is 16.9 Å². The first-order valence-corrected chi connectivity index (χ1v) is 6.82. The molecule has 0 bridgehead atoms. The highest BCUT2D eigenvalue weighted by atomic mass is 15.3. The molecule has 2 aromatic rings. The minimum atomic E-state index is 0.594. The van der Waals surface area contributed by atoms with Gasteiger partial charge in [-0.15, -0.1) is 0 Å². The topological polar surface area (TPSA) is 81.7 Å². The molecule has 2 heterocycles. The van der Waals surface area contributed by atoms with Crippen molar-refractivity contribution in [3.63, 3.8) is 0 Å². The van der Waals surface area contributed by atoms with Crippen molar-refractivity contribution in [2.45, 2.75) is 26.2 Å². The minimum Gasteiger partial charge on any atom is -0.369 e. The molecule has 0 amide bonds. The van der Waals surface area contributed by atoms with Crippen LogP contribution in [0.15, 0.2) is 12.5 Å². The first kappa shape index (κ1) is 13.7. The van der Waals surface area contributed by atoms with E-state index >= 15 is 0 Å². The Kier molecular flexibility index (Phi) is 4.68. The van der Waals surface area contributed by atoms with E-state index in [0.717, 1.165) is 36.4 Å². The number of aromatic nitrogens is 4. The van der Waals surface area contributed by atoms with Gasteiger partial charge in [0.25, 0.3) is 0 Å². The quantitative estimate of drug-likeness (QED) is 0.791. The lowest BCUT2D eigenvalue weighted by Gasteiger charge is -2.16. The molecular weight excluding hydrogens is 240 g/mol. The van der Waals surface area contributed by atoms with E-state index in [1.54, 1.807) is 17.2 Å². The first-order chi connectivity index (χ1) is 9.26. The summed E-state index contributed by atoms with van der Waals surface area (Å²) in [4.78, 5) is 8.54. The van der Waals surface area contributed by atoms with Crippen LogP contribution < -0.4 is 11.1 Å². The molecule has 6 nitrogen and oxygen atoms in total. The SMILES string of the molecule is CCCC(CCN)CNc1ncnc2c1cnn2C. The summed E-state index contributed by atoms with van der Waals surface area (Å²) in [7, 11) is 1.88. The smallest absolute Gasteiger partial charge is 0.163 e. The third-order valence-corrected chi connectivity index (χ3v) is 3.36. The number of nitrogens with one attached hydrogen (secondary N) is 1. The number of nitrogens with two attached hydrogens (primary N) is 1. The molecule has 0 aliphatic rings. The van der Waals surface area contributed by atoms with Crippen molar-refractivity contribution in [2.24, 2.45) is 18.7 Å². The molecule has 0 aliphatic heterocycles. The molecule has 0 fully saturated rings. The minimum absolute atomic E-state index is 0.594. The highest BCUT2D eigenvalue weighted by Crippen LogP contribution is 2.19. The zero-order chi connectivity index (χ0) is 13.7. The maximum Gasteiger partial charge on any atom is 0.163 e. The molecule has 0 aliphatic carbocycles. The molecule has 0 radical (unpaired) electrons. The van der Waals surface area contributed by atoms with E-state index in [-0.39, 0.29) is 0 Å². The Hall–Kier alpha value is -1.69. The predicted molar refractivity (Wildman–Crippen MR) is 76.9 cm³/mol.